The van der Waals surface area contributed by atoms with Gasteiger partial charge in [0.05, 0.1) is 16.6 Å². The van der Waals surface area contributed by atoms with Crippen LogP contribution in [0.5, 0.6) is 0 Å². The number of aromatic nitrogens is 1. The fourth-order valence-corrected chi connectivity index (χ4v) is 2.01. The second kappa shape index (κ2) is 7.12. The quantitative estimate of drug-likeness (QED) is 0.892. The van der Waals surface area contributed by atoms with Crippen LogP contribution in [0.15, 0.2) is 42.6 Å². The van der Waals surface area contributed by atoms with Gasteiger partial charge in [-0.2, -0.15) is 0 Å². The monoisotopic (exact) mass is 309 g/mol. The molecule has 4 nitrogen and oxygen atoms in total. The van der Waals surface area contributed by atoms with Crippen molar-refractivity contribution in [3.8, 4) is 0 Å². The van der Waals surface area contributed by atoms with E-state index < -0.39 is 0 Å². The highest BCUT2D eigenvalue weighted by Gasteiger charge is 2.05. The Morgan fingerprint density at radius 1 is 1.20 bits per heavy atom. The molecule has 2 rings (SSSR count). The van der Waals surface area contributed by atoms with Crippen molar-refractivity contribution in [1.82, 2.24) is 10.3 Å². The molecule has 0 saturated carbocycles. The molecule has 1 aromatic heterocycles. The maximum atomic E-state index is 11.7. The van der Waals surface area contributed by atoms with Crippen molar-refractivity contribution < 1.29 is 4.79 Å². The Morgan fingerprint density at radius 3 is 2.65 bits per heavy atom. The van der Waals surface area contributed by atoms with Gasteiger partial charge in [-0.25, -0.2) is 4.98 Å². The largest absolute Gasteiger partial charge is 0.360 e. The van der Waals surface area contributed by atoms with E-state index in [1.165, 1.54) is 6.20 Å². The lowest BCUT2D eigenvalue weighted by Gasteiger charge is -2.08. The van der Waals surface area contributed by atoms with E-state index in [9.17, 15) is 4.79 Å². The molecule has 0 fully saturated rings. The van der Waals surface area contributed by atoms with Crippen molar-refractivity contribution in [2.75, 3.05) is 11.9 Å². The lowest BCUT2D eigenvalue weighted by atomic mass is 10.2. The first-order chi connectivity index (χ1) is 9.65. The van der Waals surface area contributed by atoms with Crippen LogP contribution in [0.1, 0.15) is 5.56 Å². The number of carbonyl (C=O) groups is 1. The molecule has 1 amide bonds. The summed E-state index contributed by atoms with van der Waals surface area (Å²) in [6, 6.07) is 11.3. The van der Waals surface area contributed by atoms with E-state index >= 15 is 0 Å². The maximum Gasteiger partial charge on any atom is 0.239 e. The fourth-order valence-electron chi connectivity index (χ4n) is 1.57. The molecule has 0 radical (unpaired) electrons. The van der Waals surface area contributed by atoms with Crippen LogP contribution >= 0.6 is 23.2 Å². The fraction of sp³-hybridized carbons (Fsp3) is 0.143. The molecule has 0 aliphatic carbocycles. The minimum Gasteiger partial charge on any atom is -0.360 e. The van der Waals surface area contributed by atoms with Gasteiger partial charge in [-0.05, 0) is 11.6 Å². The third kappa shape index (κ3) is 4.40. The van der Waals surface area contributed by atoms with Gasteiger partial charge < -0.3 is 10.6 Å². The standard InChI is InChI=1S/C14H13Cl2N3O/c15-11-6-12(16)14(18-8-11)19-9-13(20)17-7-10-4-2-1-3-5-10/h1-6,8H,7,9H2,(H,17,20)(H,18,19). The van der Waals surface area contributed by atoms with Gasteiger partial charge in [0, 0.05) is 12.7 Å². The molecule has 20 heavy (non-hydrogen) atoms. The summed E-state index contributed by atoms with van der Waals surface area (Å²) in [5.74, 6) is 0.299. The average Bonchev–Trinajstić information content (AvgIpc) is 2.45. The first-order valence-corrected chi connectivity index (χ1v) is 6.76. The summed E-state index contributed by atoms with van der Waals surface area (Å²) in [6.07, 6.45) is 1.47. The van der Waals surface area contributed by atoms with Gasteiger partial charge >= 0.3 is 0 Å². The van der Waals surface area contributed by atoms with E-state index in [4.69, 9.17) is 23.2 Å². The molecule has 0 aliphatic rings. The third-order valence-corrected chi connectivity index (χ3v) is 3.05. The SMILES string of the molecule is O=C(CNc1ncc(Cl)cc1Cl)NCc1ccccc1. The van der Waals surface area contributed by atoms with E-state index in [0.29, 0.717) is 22.4 Å². The van der Waals surface area contributed by atoms with Gasteiger partial charge in [0.1, 0.15) is 5.82 Å². The number of nitrogens with one attached hydrogen (secondary N) is 2. The molecule has 2 N–H and O–H groups in total. The highest BCUT2D eigenvalue weighted by atomic mass is 35.5. The smallest absolute Gasteiger partial charge is 0.239 e. The second-order valence-electron chi connectivity index (χ2n) is 4.10. The van der Waals surface area contributed by atoms with Gasteiger partial charge in [0.25, 0.3) is 0 Å². The first kappa shape index (κ1) is 14.6. The molecule has 0 atom stereocenters. The normalized spacial score (nSPS) is 10.1. The summed E-state index contributed by atoms with van der Waals surface area (Å²) in [5.41, 5.74) is 1.04. The van der Waals surface area contributed by atoms with Crippen LogP contribution in [0.3, 0.4) is 0 Å². The molecule has 0 spiro atoms. The van der Waals surface area contributed by atoms with Gasteiger partial charge in [0.2, 0.25) is 5.91 Å². The number of amides is 1. The molecule has 0 bridgehead atoms. The minimum atomic E-state index is -0.137. The number of halogens is 2. The molecule has 1 heterocycles. The van der Waals surface area contributed by atoms with Crippen molar-refractivity contribution in [1.29, 1.82) is 0 Å². The Morgan fingerprint density at radius 2 is 1.95 bits per heavy atom. The van der Waals surface area contributed by atoms with Crippen molar-refractivity contribution >= 4 is 34.9 Å². The lowest BCUT2D eigenvalue weighted by molar-refractivity contribution is -0.119. The predicted molar refractivity (Wildman–Crippen MR) is 81.0 cm³/mol. The summed E-state index contributed by atoms with van der Waals surface area (Å²) in [6.45, 7) is 0.588. The predicted octanol–water partition coefficient (Wildman–Crippen LogP) is 3.12. The number of anilines is 1. The highest BCUT2D eigenvalue weighted by Crippen LogP contribution is 2.22. The van der Waals surface area contributed by atoms with Crippen LogP contribution in [0.25, 0.3) is 0 Å². The van der Waals surface area contributed by atoms with Gasteiger partial charge in [0.15, 0.2) is 0 Å². The lowest BCUT2D eigenvalue weighted by Crippen LogP contribution is -2.29. The number of pyridine rings is 1. The zero-order chi connectivity index (χ0) is 14.4. The molecular weight excluding hydrogens is 297 g/mol. The minimum absolute atomic E-state index is 0.0984. The van der Waals surface area contributed by atoms with Crippen LogP contribution in [-0.4, -0.2) is 17.4 Å². The zero-order valence-electron chi connectivity index (χ0n) is 10.6. The van der Waals surface area contributed by atoms with E-state index in [-0.39, 0.29) is 12.5 Å². The zero-order valence-corrected chi connectivity index (χ0v) is 12.1. The summed E-state index contributed by atoms with van der Waals surface area (Å²) < 4.78 is 0. The van der Waals surface area contributed by atoms with Gasteiger partial charge in [-0.1, -0.05) is 53.5 Å². The molecule has 1 aromatic carbocycles. The summed E-state index contributed by atoms with van der Waals surface area (Å²) >= 11 is 11.7. The van der Waals surface area contributed by atoms with Crippen molar-refractivity contribution in [2.45, 2.75) is 6.54 Å². The number of carbonyl (C=O) groups excluding carboxylic acids is 1. The molecular formula is C14H13Cl2N3O. The van der Waals surface area contributed by atoms with Crippen LogP contribution in [0.4, 0.5) is 5.82 Å². The van der Waals surface area contributed by atoms with Crippen molar-refractivity contribution in [3.63, 3.8) is 0 Å². The Labute approximate surface area is 127 Å². The molecule has 0 saturated heterocycles. The van der Waals surface area contributed by atoms with E-state index in [2.05, 4.69) is 15.6 Å². The van der Waals surface area contributed by atoms with Crippen LogP contribution < -0.4 is 10.6 Å². The molecule has 2 aromatic rings. The van der Waals surface area contributed by atoms with E-state index in [1.807, 2.05) is 30.3 Å². The Kier molecular flexibility index (Phi) is 5.21. The maximum absolute atomic E-state index is 11.7. The third-order valence-electron chi connectivity index (χ3n) is 2.56. The Bertz CT molecular complexity index is 590. The van der Waals surface area contributed by atoms with Crippen molar-refractivity contribution in [2.24, 2.45) is 0 Å². The molecule has 0 aliphatic heterocycles. The number of hydrogen-bond acceptors (Lipinski definition) is 3. The van der Waals surface area contributed by atoms with Gasteiger partial charge in [-0.15, -0.1) is 0 Å². The molecule has 0 unspecified atom stereocenters. The van der Waals surface area contributed by atoms with Crippen molar-refractivity contribution in [3.05, 3.63) is 58.2 Å². The van der Waals surface area contributed by atoms with Crippen LogP contribution in [0.2, 0.25) is 10.0 Å². The topological polar surface area (TPSA) is 54.0 Å². The van der Waals surface area contributed by atoms with E-state index in [1.54, 1.807) is 6.07 Å². The number of benzene rings is 1. The summed E-state index contributed by atoms with van der Waals surface area (Å²) in [4.78, 5) is 15.7. The van der Waals surface area contributed by atoms with Gasteiger partial charge in [-0.3, -0.25) is 4.79 Å². The summed E-state index contributed by atoms with van der Waals surface area (Å²) in [5, 5.41) is 6.50. The van der Waals surface area contributed by atoms with Crippen LogP contribution in [-0.2, 0) is 11.3 Å². The average molecular weight is 310 g/mol. The highest BCUT2D eigenvalue weighted by molar-refractivity contribution is 6.35. The second-order valence-corrected chi connectivity index (χ2v) is 4.94. The Hall–Kier alpha value is -1.78. The Balaban J connectivity index is 1.80. The van der Waals surface area contributed by atoms with E-state index in [0.717, 1.165) is 5.56 Å². The van der Waals surface area contributed by atoms with Crippen LogP contribution in [0, 0.1) is 0 Å². The molecule has 6 heteroatoms. The summed E-state index contributed by atoms with van der Waals surface area (Å²) in [7, 11) is 0. The number of nitrogens with zero attached hydrogens (tertiary/aromatic N) is 1. The molecule has 104 valence electrons. The number of rotatable bonds is 5. The first-order valence-electron chi connectivity index (χ1n) is 6.00. The number of hydrogen-bond donors (Lipinski definition) is 2.